The molecule has 1 amide bonds. The maximum absolute atomic E-state index is 12.0. The second kappa shape index (κ2) is 8.65. The molecule has 0 unspecified atom stereocenters. The minimum absolute atomic E-state index is 0.171. The number of carbonyl (C=O) groups excluding carboxylic acids is 2. The van der Waals surface area contributed by atoms with Crippen molar-refractivity contribution in [3.05, 3.63) is 59.9 Å². The molecular weight excluding hydrogens is 294 g/mol. The van der Waals surface area contributed by atoms with Crippen molar-refractivity contribution in [2.24, 2.45) is 0 Å². The predicted molar refractivity (Wildman–Crippen MR) is 87.0 cm³/mol. The maximum atomic E-state index is 12.0. The molecule has 1 aromatic heterocycles. The van der Waals surface area contributed by atoms with Gasteiger partial charge in [0.05, 0.1) is 24.1 Å². The molecule has 1 aromatic carbocycles. The summed E-state index contributed by atoms with van der Waals surface area (Å²) < 4.78 is 4.70. The van der Waals surface area contributed by atoms with Crippen LogP contribution in [0.1, 0.15) is 22.5 Å². The molecule has 6 nitrogen and oxygen atoms in total. The number of nitrogens with one attached hydrogen (secondary N) is 2. The number of esters is 1. The summed E-state index contributed by atoms with van der Waals surface area (Å²) in [5, 5.41) is 5.88. The van der Waals surface area contributed by atoms with Crippen molar-refractivity contribution in [1.29, 1.82) is 0 Å². The molecule has 0 saturated carbocycles. The molecule has 0 fully saturated rings. The smallest absolute Gasteiger partial charge is 0.339 e. The average Bonchev–Trinajstić information content (AvgIpc) is 2.59. The van der Waals surface area contributed by atoms with Crippen LogP contribution in [0.2, 0.25) is 0 Å². The van der Waals surface area contributed by atoms with Gasteiger partial charge in [0.25, 0.3) is 0 Å². The number of hydrogen-bond donors (Lipinski definition) is 2. The van der Waals surface area contributed by atoms with E-state index in [0.717, 1.165) is 5.69 Å². The lowest BCUT2D eigenvalue weighted by Gasteiger charge is -2.10. The number of aromatic nitrogens is 1. The zero-order valence-electron chi connectivity index (χ0n) is 12.9. The number of para-hydroxylation sites is 1. The fourth-order valence-corrected chi connectivity index (χ4v) is 2.01. The number of hydrogen-bond acceptors (Lipinski definition) is 5. The third kappa shape index (κ3) is 5.19. The third-order valence-corrected chi connectivity index (χ3v) is 3.17. The summed E-state index contributed by atoms with van der Waals surface area (Å²) >= 11 is 0. The number of carbonyl (C=O) groups is 2. The maximum Gasteiger partial charge on any atom is 0.339 e. The minimum atomic E-state index is -0.478. The Labute approximate surface area is 134 Å². The van der Waals surface area contributed by atoms with Crippen LogP contribution >= 0.6 is 0 Å². The molecule has 0 saturated heterocycles. The van der Waals surface area contributed by atoms with Crippen LogP contribution in [0.4, 0.5) is 5.69 Å². The molecule has 120 valence electrons. The third-order valence-electron chi connectivity index (χ3n) is 3.17. The van der Waals surface area contributed by atoms with Gasteiger partial charge in [-0.1, -0.05) is 18.2 Å². The summed E-state index contributed by atoms with van der Waals surface area (Å²) in [6.45, 7) is 1.12. The Hall–Kier alpha value is -2.73. The van der Waals surface area contributed by atoms with E-state index in [1.807, 2.05) is 18.2 Å². The van der Waals surface area contributed by atoms with Crippen LogP contribution in [-0.2, 0) is 16.1 Å². The van der Waals surface area contributed by atoms with Crippen LogP contribution in [0.25, 0.3) is 0 Å². The molecule has 0 radical (unpaired) electrons. The normalized spacial score (nSPS) is 10.1. The van der Waals surface area contributed by atoms with Crippen molar-refractivity contribution in [3.8, 4) is 0 Å². The number of anilines is 1. The van der Waals surface area contributed by atoms with E-state index in [-0.39, 0.29) is 5.91 Å². The zero-order valence-corrected chi connectivity index (χ0v) is 12.9. The number of pyridine rings is 1. The molecule has 2 aromatic rings. The Morgan fingerprint density at radius 2 is 1.91 bits per heavy atom. The molecule has 2 N–H and O–H groups in total. The predicted octanol–water partition coefficient (Wildman–Crippen LogP) is 1.99. The minimum Gasteiger partial charge on any atom is -0.465 e. The highest BCUT2D eigenvalue weighted by Gasteiger charge is 2.12. The first-order valence-corrected chi connectivity index (χ1v) is 7.28. The van der Waals surface area contributed by atoms with Crippen LogP contribution in [0.15, 0.2) is 48.7 Å². The van der Waals surface area contributed by atoms with Gasteiger partial charge in [0.15, 0.2) is 0 Å². The number of rotatable bonds is 7. The van der Waals surface area contributed by atoms with Gasteiger partial charge >= 0.3 is 5.97 Å². The van der Waals surface area contributed by atoms with E-state index < -0.39 is 5.97 Å². The number of ether oxygens (including phenoxy) is 1. The van der Waals surface area contributed by atoms with Gasteiger partial charge < -0.3 is 15.4 Å². The highest BCUT2D eigenvalue weighted by atomic mass is 16.5. The molecule has 0 aliphatic carbocycles. The molecule has 0 atom stereocenters. The van der Waals surface area contributed by atoms with Crippen LogP contribution in [0.3, 0.4) is 0 Å². The first-order chi connectivity index (χ1) is 11.2. The molecule has 0 aliphatic rings. The van der Waals surface area contributed by atoms with Crippen molar-refractivity contribution in [2.45, 2.75) is 13.0 Å². The van der Waals surface area contributed by atoms with Crippen molar-refractivity contribution in [3.63, 3.8) is 0 Å². The van der Waals surface area contributed by atoms with Gasteiger partial charge in [0.2, 0.25) is 5.91 Å². The Morgan fingerprint density at radius 3 is 2.65 bits per heavy atom. The average molecular weight is 313 g/mol. The molecule has 0 spiro atoms. The first-order valence-electron chi connectivity index (χ1n) is 7.28. The Balaban J connectivity index is 1.80. The van der Waals surface area contributed by atoms with Crippen molar-refractivity contribution in [1.82, 2.24) is 10.3 Å². The van der Waals surface area contributed by atoms with E-state index in [1.54, 1.807) is 30.5 Å². The summed E-state index contributed by atoms with van der Waals surface area (Å²) in [5.74, 6) is -0.649. The second-order valence-electron chi connectivity index (χ2n) is 4.83. The Morgan fingerprint density at radius 1 is 1.13 bits per heavy atom. The monoisotopic (exact) mass is 313 g/mol. The highest BCUT2D eigenvalue weighted by Crippen LogP contribution is 2.16. The summed E-state index contributed by atoms with van der Waals surface area (Å²) in [6, 6.07) is 12.4. The summed E-state index contributed by atoms with van der Waals surface area (Å²) in [6.07, 6.45) is 2.02. The summed E-state index contributed by atoms with van der Waals surface area (Å²) in [4.78, 5) is 27.8. The Bertz CT molecular complexity index is 659. The van der Waals surface area contributed by atoms with Crippen LogP contribution in [0.5, 0.6) is 0 Å². The van der Waals surface area contributed by atoms with Gasteiger partial charge in [-0.3, -0.25) is 9.78 Å². The van der Waals surface area contributed by atoms with Crippen LogP contribution < -0.4 is 10.6 Å². The van der Waals surface area contributed by atoms with Crippen LogP contribution in [0, 0.1) is 0 Å². The van der Waals surface area contributed by atoms with Gasteiger partial charge in [-0.05, 0) is 24.3 Å². The van der Waals surface area contributed by atoms with E-state index in [9.17, 15) is 9.59 Å². The second-order valence-corrected chi connectivity index (χ2v) is 4.83. The number of nitrogens with zero attached hydrogens (tertiary/aromatic N) is 1. The molecule has 23 heavy (non-hydrogen) atoms. The quantitative estimate of drug-likeness (QED) is 0.603. The fraction of sp³-hybridized carbons (Fsp3) is 0.235. The first kappa shape index (κ1) is 16.6. The molecule has 2 rings (SSSR count). The molecule has 6 heteroatoms. The van der Waals surface area contributed by atoms with Crippen molar-refractivity contribution < 1.29 is 14.3 Å². The molecular formula is C17H19N3O3. The van der Waals surface area contributed by atoms with Crippen LogP contribution in [-0.4, -0.2) is 30.5 Å². The van der Waals surface area contributed by atoms with Gasteiger partial charge in [-0.2, -0.15) is 0 Å². The van der Waals surface area contributed by atoms with Crippen molar-refractivity contribution in [2.75, 3.05) is 19.0 Å². The molecule has 1 heterocycles. The number of benzene rings is 1. The van der Waals surface area contributed by atoms with Gasteiger partial charge in [-0.25, -0.2) is 4.79 Å². The molecule has 0 aliphatic heterocycles. The topological polar surface area (TPSA) is 80.3 Å². The van der Waals surface area contributed by atoms with E-state index in [4.69, 9.17) is 4.74 Å². The van der Waals surface area contributed by atoms with E-state index in [0.29, 0.717) is 30.8 Å². The number of amides is 1. The highest BCUT2D eigenvalue weighted by molar-refractivity contribution is 6.01. The van der Waals surface area contributed by atoms with Gasteiger partial charge in [0, 0.05) is 25.7 Å². The lowest BCUT2D eigenvalue weighted by Crippen LogP contribution is -2.22. The zero-order chi connectivity index (χ0) is 16.5. The van der Waals surface area contributed by atoms with Gasteiger partial charge in [-0.15, -0.1) is 0 Å². The lowest BCUT2D eigenvalue weighted by molar-refractivity contribution is -0.116. The fourth-order valence-electron chi connectivity index (χ4n) is 2.01. The van der Waals surface area contributed by atoms with E-state index >= 15 is 0 Å². The van der Waals surface area contributed by atoms with E-state index in [2.05, 4.69) is 15.6 Å². The SMILES string of the molecule is COC(=O)c1ccccc1NC(=O)CCNCc1ccccn1. The molecule has 0 bridgehead atoms. The van der Waals surface area contributed by atoms with Crippen molar-refractivity contribution >= 4 is 17.6 Å². The number of methoxy groups -OCH3 is 1. The van der Waals surface area contributed by atoms with E-state index in [1.165, 1.54) is 7.11 Å². The van der Waals surface area contributed by atoms with Gasteiger partial charge in [0.1, 0.15) is 0 Å². The summed E-state index contributed by atoms with van der Waals surface area (Å²) in [7, 11) is 1.31. The largest absolute Gasteiger partial charge is 0.465 e. The lowest BCUT2D eigenvalue weighted by atomic mass is 10.1. The Kier molecular flexibility index (Phi) is 6.26. The summed E-state index contributed by atoms with van der Waals surface area (Å²) in [5.41, 5.74) is 1.71. The standard InChI is InChI=1S/C17H19N3O3/c1-23-17(22)14-7-2-3-8-15(14)20-16(21)9-11-18-12-13-6-4-5-10-19-13/h2-8,10,18H,9,11-12H2,1H3,(H,20,21).